The SMILES string of the molecule is CN(C(=O)Nc1ccccc1)c1cccc(Br)c1. The highest BCUT2D eigenvalue weighted by atomic mass is 79.9. The number of carbonyl (C=O) groups excluding carboxylic acids is 1. The Morgan fingerprint density at radius 1 is 1.11 bits per heavy atom. The van der Waals surface area contributed by atoms with Crippen LogP contribution in [-0.2, 0) is 0 Å². The highest BCUT2D eigenvalue weighted by molar-refractivity contribution is 9.10. The third-order valence-electron chi connectivity index (χ3n) is 2.53. The summed E-state index contributed by atoms with van der Waals surface area (Å²) in [7, 11) is 1.74. The molecule has 0 bridgehead atoms. The average Bonchev–Trinajstić information content (AvgIpc) is 2.39. The lowest BCUT2D eigenvalue weighted by Crippen LogP contribution is -2.31. The molecule has 18 heavy (non-hydrogen) atoms. The Morgan fingerprint density at radius 3 is 2.50 bits per heavy atom. The van der Waals surface area contributed by atoms with E-state index in [2.05, 4.69) is 21.2 Å². The maximum Gasteiger partial charge on any atom is 0.326 e. The summed E-state index contributed by atoms with van der Waals surface area (Å²) in [5.41, 5.74) is 1.61. The van der Waals surface area contributed by atoms with E-state index in [-0.39, 0.29) is 6.03 Å². The third kappa shape index (κ3) is 3.11. The van der Waals surface area contributed by atoms with Crippen LogP contribution in [0.1, 0.15) is 0 Å². The van der Waals surface area contributed by atoms with Crippen LogP contribution in [-0.4, -0.2) is 13.1 Å². The van der Waals surface area contributed by atoms with E-state index in [0.717, 1.165) is 15.8 Å². The molecule has 0 heterocycles. The fraction of sp³-hybridized carbons (Fsp3) is 0.0714. The molecule has 3 nitrogen and oxygen atoms in total. The van der Waals surface area contributed by atoms with E-state index in [0.29, 0.717) is 0 Å². The molecule has 0 aliphatic heterocycles. The molecule has 0 unspecified atom stereocenters. The maximum absolute atomic E-state index is 12.0. The molecule has 92 valence electrons. The normalized spacial score (nSPS) is 9.89. The van der Waals surface area contributed by atoms with Gasteiger partial charge in [-0.15, -0.1) is 0 Å². The molecule has 1 N–H and O–H groups in total. The van der Waals surface area contributed by atoms with Crippen molar-refractivity contribution in [2.24, 2.45) is 0 Å². The maximum atomic E-state index is 12.0. The van der Waals surface area contributed by atoms with Gasteiger partial charge >= 0.3 is 6.03 Å². The van der Waals surface area contributed by atoms with E-state index >= 15 is 0 Å². The summed E-state index contributed by atoms with van der Waals surface area (Å²) in [5, 5.41) is 2.83. The molecule has 0 radical (unpaired) electrons. The third-order valence-corrected chi connectivity index (χ3v) is 3.02. The molecule has 0 fully saturated rings. The minimum atomic E-state index is -0.167. The summed E-state index contributed by atoms with van der Waals surface area (Å²) in [4.78, 5) is 13.6. The summed E-state index contributed by atoms with van der Waals surface area (Å²) in [6.45, 7) is 0. The zero-order valence-electron chi connectivity index (χ0n) is 9.93. The Bertz CT molecular complexity index is 543. The first kappa shape index (κ1) is 12.6. The Morgan fingerprint density at radius 2 is 1.83 bits per heavy atom. The number of hydrogen-bond donors (Lipinski definition) is 1. The molecule has 0 aliphatic rings. The molecular weight excluding hydrogens is 292 g/mol. The van der Waals surface area contributed by atoms with Crippen LogP contribution in [0.3, 0.4) is 0 Å². The lowest BCUT2D eigenvalue weighted by Gasteiger charge is -2.18. The van der Waals surface area contributed by atoms with Crippen molar-refractivity contribution in [1.29, 1.82) is 0 Å². The van der Waals surface area contributed by atoms with Crippen LogP contribution in [0.15, 0.2) is 59.1 Å². The van der Waals surface area contributed by atoms with Crippen LogP contribution < -0.4 is 10.2 Å². The fourth-order valence-corrected chi connectivity index (χ4v) is 1.92. The zero-order chi connectivity index (χ0) is 13.0. The van der Waals surface area contributed by atoms with Gasteiger partial charge in [0, 0.05) is 22.9 Å². The van der Waals surface area contributed by atoms with Crippen LogP contribution in [0, 0.1) is 0 Å². The van der Waals surface area contributed by atoms with Crippen LogP contribution in [0.2, 0.25) is 0 Å². The largest absolute Gasteiger partial charge is 0.326 e. The van der Waals surface area contributed by atoms with Crippen LogP contribution >= 0.6 is 15.9 Å². The predicted molar refractivity (Wildman–Crippen MR) is 78.0 cm³/mol. The van der Waals surface area contributed by atoms with E-state index in [1.54, 1.807) is 11.9 Å². The molecule has 0 spiro atoms. The van der Waals surface area contributed by atoms with Gasteiger partial charge in [-0.1, -0.05) is 40.2 Å². The van der Waals surface area contributed by atoms with Crippen molar-refractivity contribution in [3.8, 4) is 0 Å². The monoisotopic (exact) mass is 304 g/mol. The van der Waals surface area contributed by atoms with E-state index in [4.69, 9.17) is 0 Å². The number of benzene rings is 2. The highest BCUT2D eigenvalue weighted by Crippen LogP contribution is 2.19. The highest BCUT2D eigenvalue weighted by Gasteiger charge is 2.10. The second-order valence-corrected chi connectivity index (χ2v) is 4.75. The summed E-state index contributed by atoms with van der Waals surface area (Å²) in [6.07, 6.45) is 0. The minimum absolute atomic E-state index is 0.167. The Balaban J connectivity index is 2.10. The first-order chi connectivity index (χ1) is 8.66. The number of para-hydroxylation sites is 1. The van der Waals surface area contributed by atoms with Crippen molar-refractivity contribution in [1.82, 2.24) is 0 Å². The molecule has 0 aromatic heterocycles. The van der Waals surface area contributed by atoms with Gasteiger partial charge in [-0.3, -0.25) is 4.90 Å². The van der Waals surface area contributed by atoms with Crippen LogP contribution in [0.25, 0.3) is 0 Å². The van der Waals surface area contributed by atoms with Crippen molar-refractivity contribution in [3.63, 3.8) is 0 Å². The first-order valence-corrected chi connectivity index (χ1v) is 6.31. The minimum Gasteiger partial charge on any atom is -0.308 e. The van der Waals surface area contributed by atoms with Crippen molar-refractivity contribution >= 4 is 33.3 Å². The number of halogens is 1. The molecule has 2 amide bonds. The van der Waals surface area contributed by atoms with E-state index in [9.17, 15) is 4.79 Å². The van der Waals surface area contributed by atoms with Gasteiger partial charge in [0.25, 0.3) is 0 Å². The van der Waals surface area contributed by atoms with Crippen molar-refractivity contribution in [2.45, 2.75) is 0 Å². The lowest BCUT2D eigenvalue weighted by molar-refractivity contribution is 0.258. The van der Waals surface area contributed by atoms with Gasteiger partial charge in [0.1, 0.15) is 0 Å². The Labute approximate surface area is 115 Å². The molecule has 2 rings (SSSR count). The molecule has 0 saturated carbocycles. The molecule has 0 atom stereocenters. The topological polar surface area (TPSA) is 32.3 Å². The van der Waals surface area contributed by atoms with Crippen LogP contribution in [0.4, 0.5) is 16.2 Å². The number of rotatable bonds is 2. The average molecular weight is 305 g/mol. The Hall–Kier alpha value is -1.81. The number of urea groups is 1. The second-order valence-electron chi connectivity index (χ2n) is 3.84. The number of hydrogen-bond acceptors (Lipinski definition) is 1. The van der Waals surface area contributed by atoms with Crippen LogP contribution in [0.5, 0.6) is 0 Å². The second kappa shape index (κ2) is 5.69. The van der Waals surface area contributed by atoms with Gasteiger partial charge in [0.15, 0.2) is 0 Å². The summed E-state index contributed by atoms with van der Waals surface area (Å²) in [5.74, 6) is 0. The van der Waals surface area contributed by atoms with Gasteiger partial charge in [-0.2, -0.15) is 0 Å². The molecule has 0 saturated heterocycles. The van der Waals surface area contributed by atoms with Gasteiger partial charge < -0.3 is 5.32 Å². The summed E-state index contributed by atoms with van der Waals surface area (Å²) < 4.78 is 0.944. The predicted octanol–water partition coefficient (Wildman–Crippen LogP) is 4.12. The van der Waals surface area contributed by atoms with Gasteiger partial charge in [-0.05, 0) is 30.3 Å². The summed E-state index contributed by atoms with van der Waals surface area (Å²) in [6, 6.07) is 16.8. The first-order valence-electron chi connectivity index (χ1n) is 5.52. The quantitative estimate of drug-likeness (QED) is 0.889. The molecule has 0 aliphatic carbocycles. The number of nitrogens with one attached hydrogen (secondary N) is 1. The van der Waals surface area contributed by atoms with Gasteiger partial charge in [0.05, 0.1) is 0 Å². The molecule has 2 aromatic carbocycles. The van der Waals surface area contributed by atoms with Crippen molar-refractivity contribution in [3.05, 3.63) is 59.1 Å². The molecule has 4 heteroatoms. The van der Waals surface area contributed by atoms with Crippen molar-refractivity contribution in [2.75, 3.05) is 17.3 Å². The van der Waals surface area contributed by atoms with Gasteiger partial charge in [0.2, 0.25) is 0 Å². The number of nitrogens with zero attached hydrogens (tertiary/aromatic N) is 1. The lowest BCUT2D eigenvalue weighted by atomic mass is 10.3. The van der Waals surface area contributed by atoms with Crippen molar-refractivity contribution < 1.29 is 4.79 Å². The standard InChI is InChI=1S/C14H13BrN2O/c1-17(13-9-5-6-11(15)10-13)14(18)16-12-7-3-2-4-8-12/h2-10H,1H3,(H,16,18). The van der Waals surface area contributed by atoms with Gasteiger partial charge in [-0.25, -0.2) is 4.79 Å². The smallest absolute Gasteiger partial charge is 0.308 e. The molecule has 2 aromatic rings. The Kier molecular flexibility index (Phi) is 3.99. The number of anilines is 2. The van der Waals surface area contributed by atoms with E-state index in [1.807, 2.05) is 54.6 Å². The number of amides is 2. The summed E-state index contributed by atoms with van der Waals surface area (Å²) >= 11 is 3.39. The van der Waals surface area contributed by atoms with E-state index < -0.39 is 0 Å². The fourth-order valence-electron chi connectivity index (χ4n) is 1.53. The van der Waals surface area contributed by atoms with E-state index in [1.165, 1.54) is 0 Å². The molecular formula is C14H13BrN2O. The number of carbonyl (C=O) groups is 1. The zero-order valence-corrected chi connectivity index (χ0v) is 11.5.